The first-order valence-electron chi connectivity index (χ1n) is 3.82. The molecular formula is C8H10ClNO4. The van der Waals surface area contributed by atoms with Crippen LogP contribution in [0.4, 0.5) is 0 Å². The third-order valence-electron chi connectivity index (χ3n) is 1.42. The highest BCUT2D eigenvalue weighted by Crippen LogP contribution is 2.22. The van der Waals surface area contributed by atoms with Crippen LogP contribution in [0.1, 0.15) is 18.4 Å². The Balaban J connectivity index is 2.64. The molecule has 5 nitrogen and oxygen atoms in total. The van der Waals surface area contributed by atoms with E-state index in [1.54, 1.807) is 0 Å². The predicted molar refractivity (Wildman–Crippen MR) is 48.1 cm³/mol. The summed E-state index contributed by atoms with van der Waals surface area (Å²) in [6.07, 6.45) is 0. The smallest absolute Gasteiger partial charge is 0.303 e. The third kappa shape index (κ3) is 3.02. The van der Waals surface area contributed by atoms with Crippen LogP contribution in [0.3, 0.4) is 0 Å². The van der Waals surface area contributed by atoms with E-state index in [0.717, 1.165) is 0 Å². The number of rotatable bonds is 3. The largest absolute Gasteiger partial charge is 0.458 e. The van der Waals surface area contributed by atoms with Crippen molar-refractivity contribution in [2.45, 2.75) is 18.7 Å². The molecule has 1 atom stereocenters. The predicted octanol–water partition coefficient (Wildman–Crippen LogP) is 0.643. The maximum atomic E-state index is 10.5. The molecule has 1 aromatic rings. The van der Waals surface area contributed by atoms with Crippen LogP contribution in [0.2, 0.25) is 0 Å². The number of halogens is 1. The normalized spacial score (nSPS) is 14.9. The van der Waals surface area contributed by atoms with E-state index in [-0.39, 0.29) is 12.4 Å². The fraction of sp³-hybridized carbons (Fsp3) is 0.375. The molecule has 0 aliphatic rings. The Kier molecular flexibility index (Phi) is 3.15. The number of hydrogen-bond acceptors (Lipinski definition) is 5. The zero-order valence-corrected chi connectivity index (χ0v) is 8.25. The Morgan fingerprint density at radius 1 is 1.79 bits per heavy atom. The second kappa shape index (κ2) is 4.00. The van der Waals surface area contributed by atoms with E-state index in [1.807, 2.05) is 0 Å². The maximum Gasteiger partial charge on any atom is 0.303 e. The van der Waals surface area contributed by atoms with Crippen molar-refractivity contribution in [3.63, 3.8) is 0 Å². The van der Waals surface area contributed by atoms with Crippen molar-refractivity contribution < 1.29 is 19.1 Å². The molecule has 0 saturated heterocycles. The molecule has 0 radical (unpaired) electrons. The molecule has 1 heterocycles. The summed E-state index contributed by atoms with van der Waals surface area (Å²) >= 11 is 5.37. The Hall–Kier alpha value is -1.04. The van der Waals surface area contributed by atoms with Crippen LogP contribution in [0.25, 0.3) is 0 Å². The number of ether oxygens (including phenoxy) is 1. The van der Waals surface area contributed by atoms with Crippen LogP contribution >= 0.6 is 11.6 Å². The summed E-state index contributed by atoms with van der Waals surface area (Å²) in [6, 6.07) is 2.92. The van der Waals surface area contributed by atoms with E-state index >= 15 is 0 Å². The number of carbonyl (C=O) groups excluding carboxylic acids is 1. The van der Waals surface area contributed by atoms with Gasteiger partial charge in [-0.25, -0.2) is 0 Å². The minimum Gasteiger partial charge on any atom is -0.458 e. The Labute approximate surface area is 85.4 Å². The van der Waals surface area contributed by atoms with Gasteiger partial charge in [0.05, 0.1) is 0 Å². The minimum absolute atomic E-state index is 0.00122. The van der Waals surface area contributed by atoms with Gasteiger partial charge in [0.2, 0.25) is 0 Å². The van der Waals surface area contributed by atoms with E-state index in [4.69, 9.17) is 26.9 Å². The SMILES string of the molecule is CC(=O)OCc1ccc(C(N)(O)Cl)o1. The summed E-state index contributed by atoms with van der Waals surface area (Å²) < 4.78 is 9.67. The lowest BCUT2D eigenvalue weighted by molar-refractivity contribution is -0.142. The van der Waals surface area contributed by atoms with Gasteiger partial charge in [-0.1, -0.05) is 11.6 Å². The summed E-state index contributed by atoms with van der Waals surface area (Å²) in [7, 11) is 0. The van der Waals surface area contributed by atoms with Crippen molar-refractivity contribution in [3.05, 3.63) is 23.7 Å². The molecule has 14 heavy (non-hydrogen) atoms. The van der Waals surface area contributed by atoms with Gasteiger partial charge in [0.25, 0.3) is 5.18 Å². The second-order valence-electron chi connectivity index (χ2n) is 2.72. The molecule has 78 valence electrons. The maximum absolute atomic E-state index is 10.5. The molecule has 1 aromatic heterocycles. The Morgan fingerprint density at radius 2 is 2.43 bits per heavy atom. The molecule has 0 aromatic carbocycles. The van der Waals surface area contributed by atoms with E-state index < -0.39 is 11.2 Å². The lowest BCUT2D eigenvalue weighted by Gasteiger charge is -2.09. The van der Waals surface area contributed by atoms with Gasteiger partial charge in [-0.05, 0) is 12.1 Å². The molecule has 0 aliphatic carbocycles. The first-order chi connectivity index (χ1) is 6.39. The molecular weight excluding hydrogens is 210 g/mol. The molecule has 1 rings (SSSR count). The number of furan rings is 1. The first kappa shape index (κ1) is 11.0. The summed E-state index contributed by atoms with van der Waals surface area (Å²) in [5.41, 5.74) is 5.15. The summed E-state index contributed by atoms with van der Waals surface area (Å²) in [6.45, 7) is 1.27. The summed E-state index contributed by atoms with van der Waals surface area (Å²) in [5, 5.41) is 7.09. The number of esters is 1. The Bertz CT molecular complexity index is 328. The highest BCUT2D eigenvalue weighted by Gasteiger charge is 2.24. The number of alkyl halides is 1. The van der Waals surface area contributed by atoms with Gasteiger partial charge in [0.1, 0.15) is 12.4 Å². The highest BCUT2D eigenvalue weighted by molar-refractivity contribution is 6.22. The van der Waals surface area contributed by atoms with Crippen molar-refractivity contribution in [2.75, 3.05) is 0 Å². The van der Waals surface area contributed by atoms with E-state index in [9.17, 15) is 4.79 Å². The van der Waals surface area contributed by atoms with Gasteiger partial charge >= 0.3 is 5.97 Å². The number of carbonyl (C=O) groups is 1. The minimum atomic E-state index is -2.03. The first-order valence-corrected chi connectivity index (χ1v) is 4.20. The monoisotopic (exact) mass is 219 g/mol. The van der Waals surface area contributed by atoms with Gasteiger partial charge in [0, 0.05) is 6.92 Å². The lowest BCUT2D eigenvalue weighted by atomic mass is 10.4. The van der Waals surface area contributed by atoms with Gasteiger partial charge < -0.3 is 14.3 Å². The molecule has 0 bridgehead atoms. The summed E-state index contributed by atoms with van der Waals surface area (Å²) in [5.74, 6) is -0.0575. The highest BCUT2D eigenvalue weighted by atomic mass is 35.5. The standard InChI is InChI=1S/C8H10ClNO4/c1-5(11)13-4-6-2-3-7(14-6)8(9,10)12/h2-3,12H,4,10H2,1H3. The van der Waals surface area contributed by atoms with Crippen LogP contribution in [0.15, 0.2) is 16.5 Å². The van der Waals surface area contributed by atoms with E-state index in [1.165, 1.54) is 19.1 Å². The average Bonchev–Trinajstić information content (AvgIpc) is 2.47. The fourth-order valence-electron chi connectivity index (χ4n) is 0.817. The van der Waals surface area contributed by atoms with Crippen molar-refractivity contribution >= 4 is 17.6 Å². The zero-order chi connectivity index (χ0) is 10.8. The van der Waals surface area contributed by atoms with Crippen LogP contribution in [-0.2, 0) is 21.3 Å². The number of hydrogen-bond donors (Lipinski definition) is 2. The molecule has 0 spiro atoms. The van der Waals surface area contributed by atoms with Crippen LogP contribution in [0, 0.1) is 0 Å². The lowest BCUT2D eigenvalue weighted by Crippen LogP contribution is -2.28. The average molecular weight is 220 g/mol. The van der Waals surface area contributed by atoms with Crippen LogP contribution in [-0.4, -0.2) is 11.1 Å². The van der Waals surface area contributed by atoms with Crippen molar-refractivity contribution in [3.8, 4) is 0 Å². The molecule has 0 amide bonds. The quantitative estimate of drug-likeness (QED) is 0.337. The zero-order valence-electron chi connectivity index (χ0n) is 7.49. The molecule has 0 aliphatic heterocycles. The van der Waals surface area contributed by atoms with Crippen LogP contribution < -0.4 is 5.73 Å². The topological polar surface area (TPSA) is 85.7 Å². The molecule has 0 fully saturated rings. The van der Waals surface area contributed by atoms with Crippen LogP contribution in [0.5, 0.6) is 0 Å². The van der Waals surface area contributed by atoms with E-state index in [0.29, 0.717) is 5.76 Å². The molecule has 6 heteroatoms. The van der Waals surface area contributed by atoms with Gasteiger partial charge in [-0.15, -0.1) is 0 Å². The fourth-order valence-corrected chi connectivity index (χ4v) is 0.918. The van der Waals surface area contributed by atoms with Crippen molar-refractivity contribution in [1.29, 1.82) is 0 Å². The molecule has 0 saturated carbocycles. The van der Waals surface area contributed by atoms with Gasteiger partial charge in [-0.3, -0.25) is 10.5 Å². The van der Waals surface area contributed by atoms with Crippen molar-refractivity contribution in [2.24, 2.45) is 5.73 Å². The molecule has 1 unspecified atom stereocenters. The molecule has 3 N–H and O–H groups in total. The number of aliphatic hydroxyl groups is 1. The van der Waals surface area contributed by atoms with Crippen molar-refractivity contribution in [1.82, 2.24) is 0 Å². The third-order valence-corrected chi connectivity index (χ3v) is 1.61. The number of nitrogens with two attached hydrogens (primary N) is 1. The Morgan fingerprint density at radius 3 is 2.86 bits per heavy atom. The second-order valence-corrected chi connectivity index (χ2v) is 3.30. The van der Waals surface area contributed by atoms with E-state index in [2.05, 4.69) is 4.74 Å². The summed E-state index contributed by atoms with van der Waals surface area (Å²) in [4.78, 5) is 10.5. The van der Waals surface area contributed by atoms with Gasteiger partial charge in [0.15, 0.2) is 5.76 Å². The van der Waals surface area contributed by atoms with Gasteiger partial charge in [-0.2, -0.15) is 0 Å².